The lowest BCUT2D eigenvalue weighted by Crippen LogP contribution is -2.23. The minimum atomic E-state index is -0.207. The normalized spacial score (nSPS) is 28.4. The van der Waals surface area contributed by atoms with Crippen LogP contribution in [-0.4, -0.2) is 17.2 Å². The molecule has 4 rings (SSSR count). The van der Waals surface area contributed by atoms with Crippen molar-refractivity contribution < 1.29 is 4.79 Å². The molecule has 3 heteroatoms. The van der Waals surface area contributed by atoms with Gasteiger partial charge in [-0.15, -0.1) is 11.8 Å². The van der Waals surface area contributed by atoms with Gasteiger partial charge in [0.15, 0.2) is 0 Å². The van der Waals surface area contributed by atoms with E-state index in [2.05, 4.69) is 29.6 Å². The Kier molecular flexibility index (Phi) is 2.17. The largest absolute Gasteiger partial charge is 0.339 e. The maximum absolute atomic E-state index is 11.4. The fourth-order valence-electron chi connectivity index (χ4n) is 2.71. The first-order chi connectivity index (χ1) is 7.78. The first-order valence-electron chi connectivity index (χ1n) is 5.54. The predicted octanol–water partition coefficient (Wildman–Crippen LogP) is 2.60. The molecule has 1 aliphatic carbocycles. The van der Waals surface area contributed by atoms with Crippen LogP contribution in [0.4, 0.5) is 0 Å². The summed E-state index contributed by atoms with van der Waals surface area (Å²) in [7, 11) is 0. The Morgan fingerprint density at radius 1 is 1.29 bits per heavy atom. The molecular weight excluding hydrogens is 230 g/mol. The van der Waals surface area contributed by atoms with Gasteiger partial charge in [0.2, 0.25) is 5.91 Å². The quantitative estimate of drug-likeness (QED) is 0.714. The molecule has 3 aliphatic rings. The molecule has 1 spiro atoms. The zero-order valence-electron chi connectivity index (χ0n) is 8.75. The van der Waals surface area contributed by atoms with Crippen molar-refractivity contribution in [2.45, 2.75) is 25.8 Å². The maximum Gasteiger partial charge on any atom is 0.247 e. The molecule has 1 aromatic rings. The maximum atomic E-state index is 11.4. The molecule has 88 valence electrons. The molecule has 1 unspecified atom stereocenters. The van der Waals surface area contributed by atoms with Gasteiger partial charge in [0.1, 0.15) is 5.54 Å². The lowest BCUT2D eigenvalue weighted by molar-refractivity contribution is -0.111. The van der Waals surface area contributed by atoms with Crippen LogP contribution in [0.25, 0.3) is 5.57 Å². The van der Waals surface area contributed by atoms with Gasteiger partial charge >= 0.3 is 0 Å². The van der Waals surface area contributed by atoms with Gasteiger partial charge in [0.25, 0.3) is 0 Å². The SMILES string of the molecule is C.O=C1NC12CSC1=C(C2)c2ccccc2C1. The molecule has 0 aromatic heterocycles. The fourth-order valence-corrected chi connectivity index (χ4v) is 4.05. The number of amides is 1. The van der Waals surface area contributed by atoms with E-state index in [1.807, 2.05) is 11.8 Å². The van der Waals surface area contributed by atoms with Crippen LogP contribution in [0.2, 0.25) is 0 Å². The highest BCUT2D eigenvalue weighted by Crippen LogP contribution is 2.50. The van der Waals surface area contributed by atoms with E-state index in [1.165, 1.54) is 21.6 Å². The molecule has 2 nitrogen and oxygen atoms in total. The zero-order valence-corrected chi connectivity index (χ0v) is 9.56. The van der Waals surface area contributed by atoms with Crippen molar-refractivity contribution in [3.8, 4) is 0 Å². The fraction of sp³-hybridized carbons (Fsp3) is 0.357. The number of allylic oxidation sites excluding steroid dienone is 1. The molecule has 1 atom stereocenters. The average Bonchev–Trinajstić information content (AvgIpc) is 2.77. The van der Waals surface area contributed by atoms with Gasteiger partial charge in [-0.3, -0.25) is 4.79 Å². The number of hydrogen-bond donors (Lipinski definition) is 1. The van der Waals surface area contributed by atoms with Crippen LogP contribution in [0, 0.1) is 0 Å². The third-order valence-corrected chi connectivity index (χ3v) is 5.10. The molecule has 0 saturated carbocycles. The summed E-state index contributed by atoms with van der Waals surface area (Å²) in [5.74, 6) is 1.15. The van der Waals surface area contributed by atoms with Crippen LogP contribution in [0.5, 0.6) is 0 Å². The van der Waals surface area contributed by atoms with Crippen molar-refractivity contribution in [1.29, 1.82) is 0 Å². The number of carbonyl (C=O) groups excluding carboxylic acids is 1. The number of carbonyl (C=O) groups is 1. The molecule has 17 heavy (non-hydrogen) atoms. The standard InChI is InChI=1S/C13H11NOS.CH4/c15-12-13(14-12)6-10-9-4-2-1-3-8(9)5-11(10)16-7-13;/h1-4H,5-7H2,(H,14,15);1H4. The first-order valence-corrected chi connectivity index (χ1v) is 6.53. The van der Waals surface area contributed by atoms with E-state index in [0.29, 0.717) is 0 Å². The highest BCUT2D eigenvalue weighted by Gasteiger charge is 2.56. The second-order valence-corrected chi connectivity index (χ2v) is 5.81. The lowest BCUT2D eigenvalue weighted by atomic mass is 9.96. The number of nitrogens with one attached hydrogen (secondary N) is 1. The molecule has 1 fully saturated rings. The lowest BCUT2D eigenvalue weighted by Gasteiger charge is -2.19. The summed E-state index contributed by atoms with van der Waals surface area (Å²) in [5.41, 5.74) is 3.99. The second kappa shape index (κ2) is 3.39. The predicted molar refractivity (Wildman–Crippen MR) is 71.7 cm³/mol. The molecule has 2 aliphatic heterocycles. The molecule has 2 heterocycles. The third kappa shape index (κ3) is 1.38. The van der Waals surface area contributed by atoms with Crippen molar-refractivity contribution in [2.75, 3.05) is 5.75 Å². The zero-order chi connectivity index (χ0) is 10.8. The van der Waals surface area contributed by atoms with Crippen molar-refractivity contribution in [3.63, 3.8) is 0 Å². The molecule has 1 aromatic carbocycles. The van der Waals surface area contributed by atoms with Crippen LogP contribution >= 0.6 is 11.8 Å². The number of thioether (sulfide) groups is 1. The van der Waals surface area contributed by atoms with Gasteiger partial charge in [-0.05, 0) is 21.6 Å². The van der Waals surface area contributed by atoms with Crippen LogP contribution in [0.15, 0.2) is 29.2 Å². The summed E-state index contributed by atoms with van der Waals surface area (Å²) in [5, 5.41) is 3.00. The topological polar surface area (TPSA) is 39.0 Å². The van der Waals surface area contributed by atoms with E-state index < -0.39 is 0 Å². The smallest absolute Gasteiger partial charge is 0.247 e. The van der Waals surface area contributed by atoms with Crippen molar-refractivity contribution in [3.05, 3.63) is 40.3 Å². The van der Waals surface area contributed by atoms with Crippen molar-refractivity contribution >= 4 is 23.2 Å². The molecule has 0 bridgehead atoms. The van der Waals surface area contributed by atoms with Gasteiger partial charge < -0.3 is 5.32 Å². The van der Waals surface area contributed by atoms with Crippen LogP contribution in [0.3, 0.4) is 0 Å². The van der Waals surface area contributed by atoms with Crippen LogP contribution in [0.1, 0.15) is 25.0 Å². The van der Waals surface area contributed by atoms with Gasteiger partial charge in [0, 0.05) is 18.6 Å². The molecule has 1 saturated heterocycles. The number of hydrogen-bond acceptors (Lipinski definition) is 2. The molecule has 1 amide bonds. The number of fused-ring (bicyclic) bond motifs is 2. The molecular formula is C14H15NOS. The van der Waals surface area contributed by atoms with Gasteiger partial charge in [-0.1, -0.05) is 31.7 Å². The van der Waals surface area contributed by atoms with Crippen molar-refractivity contribution in [1.82, 2.24) is 5.32 Å². The van der Waals surface area contributed by atoms with Crippen LogP contribution < -0.4 is 5.32 Å². The Balaban J connectivity index is 0.000000902. The monoisotopic (exact) mass is 245 g/mol. The van der Waals surface area contributed by atoms with Gasteiger partial charge in [-0.25, -0.2) is 0 Å². The van der Waals surface area contributed by atoms with E-state index in [4.69, 9.17) is 0 Å². The highest BCUT2D eigenvalue weighted by atomic mass is 32.2. The van der Waals surface area contributed by atoms with E-state index in [1.54, 1.807) is 0 Å². The molecule has 0 radical (unpaired) electrons. The highest BCUT2D eigenvalue weighted by molar-refractivity contribution is 8.03. The second-order valence-electron chi connectivity index (χ2n) is 4.74. The van der Waals surface area contributed by atoms with Gasteiger partial charge in [0.05, 0.1) is 0 Å². The van der Waals surface area contributed by atoms with Gasteiger partial charge in [-0.2, -0.15) is 0 Å². The van der Waals surface area contributed by atoms with Crippen LogP contribution in [-0.2, 0) is 11.2 Å². The Morgan fingerprint density at radius 3 is 2.82 bits per heavy atom. The summed E-state index contributed by atoms with van der Waals surface area (Å²) >= 11 is 1.86. The summed E-state index contributed by atoms with van der Waals surface area (Å²) in [4.78, 5) is 12.9. The Bertz CT molecular complexity index is 549. The Labute approximate surface area is 105 Å². The van der Waals surface area contributed by atoms with E-state index in [-0.39, 0.29) is 18.9 Å². The first kappa shape index (κ1) is 10.9. The Morgan fingerprint density at radius 2 is 2.06 bits per heavy atom. The van der Waals surface area contributed by atoms with E-state index in [9.17, 15) is 4.79 Å². The minimum Gasteiger partial charge on any atom is -0.339 e. The Hall–Kier alpha value is -1.22. The summed E-state index contributed by atoms with van der Waals surface area (Å²) < 4.78 is 0. The summed E-state index contributed by atoms with van der Waals surface area (Å²) in [6, 6.07) is 8.56. The summed E-state index contributed by atoms with van der Waals surface area (Å²) in [6.45, 7) is 0. The number of rotatable bonds is 0. The summed E-state index contributed by atoms with van der Waals surface area (Å²) in [6.07, 6.45) is 1.96. The van der Waals surface area contributed by atoms with Crippen molar-refractivity contribution in [2.24, 2.45) is 0 Å². The average molecular weight is 245 g/mol. The van der Waals surface area contributed by atoms with E-state index >= 15 is 0 Å². The van der Waals surface area contributed by atoms with E-state index in [0.717, 1.165) is 18.6 Å². The number of benzene rings is 1. The molecule has 1 N–H and O–H groups in total. The third-order valence-electron chi connectivity index (χ3n) is 3.73. The minimum absolute atomic E-state index is 0.